The first-order valence-corrected chi connectivity index (χ1v) is 8.88. The molecule has 0 aliphatic carbocycles. The maximum absolute atomic E-state index is 13.9. The van der Waals surface area contributed by atoms with E-state index < -0.39 is 0 Å². The number of rotatable bonds is 7. The van der Waals surface area contributed by atoms with E-state index in [2.05, 4.69) is 29.0 Å². The SMILES string of the molecule is CCN(CC)c1cc(NCc2ccccc2F)nc(-c2ccccc2)n1. The fourth-order valence-corrected chi connectivity index (χ4v) is 2.78. The van der Waals surface area contributed by atoms with Crippen LogP contribution in [0.4, 0.5) is 16.0 Å². The molecule has 0 atom stereocenters. The predicted octanol–water partition coefficient (Wildman–Crippen LogP) is 4.74. The molecule has 0 radical (unpaired) electrons. The summed E-state index contributed by atoms with van der Waals surface area (Å²) in [4.78, 5) is 11.5. The third-order valence-corrected chi connectivity index (χ3v) is 4.25. The molecular weight excluding hydrogens is 327 g/mol. The molecule has 5 heteroatoms. The second kappa shape index (κ2) is 8.43. The number of aromatic nitrogens is 2. The summed E-state index contributed by atoms with van der Waals surface area (Å²) in [5.41, 5.74) is 1.56. The predicted molar refractivity (Wildman–Crippen MR) is 105 cm³/mol. The maximum Gasteiger partial charge on any atom is 0.163 e. The van der Waals surface area contributed by atoms with Gasteiger partial charge in [-0.15, -0.1) is 0 Å². The van der Waals surface area contributed by atoms with Crippen molar-refractivity contribution < 1.29 is 4.39 Å². The number of anilines is 2. The van der Waals surface area contributed by atoms with Gasteiger partial charge in [0.25, 0.3) is 0 Å². The Balaban J connectivity index is 1.93. The molecule has 3 rings (SSSR count). The minimum absolute atomic E-state index is 0.221. The summed E-state index contributed by atoms with van der Waals surface area (Å²) in [6, 6.07) is 18.6. The van der Waals surface area contributed by atoms with E-state index in [-0.39, 0.29) is 5.82 Å². The van der Waals surface area contributed by atoms with Gasteiger partial charge in [0.15, 0.2) is 5.82 Å². The van der Waals surface area contributed by atoms with Gasteiger partial charge in [0.05, 0.1) is 0 Å². The molecule has 0 aliphatic rings. The fourth-order valence-electron chi connectivity index (χ4n) is 2.78. The summed E-state index contributed by atoms with van der Waals surface area (Å²) in [6.07, 6.45) is 0. The first-order chi connectivity index (χ1) is 12.7. The smallest absolute Gasteiger partial charge is 0.163 e. The highest BCUT2D eigenvalue weighted by Gasteiger charge is 2.11. The molecule has 26 heavy (non-hydrogen) atoms. The van der Waals surface area contributed by atoms with Crippen molar-refractivity contribution in [3.63, 3.8) is 0 Å². The standard InChI is InChI=1S/C21H23FN4/c1-3-26(4-2)20-14-19(23-15-17-12-8-9-13-18(17)22)24-21(25-20)16-10-6-5-7-11-16/h5-14H,3-4,15H2,1-2H3,(H,23,24,25). The van der Waals surface area contributed by atoms with E-state index in [0.717, 1.165) is 24.5 Å². The highest BCUT2D eigenvalue weighted by atomic mass is 19.1. The number of benzene rings is 2. The van der Waals surface area contributed by atoms with E-state index >= 15 is 0 Å². The molecule has 0 fully saturated rings. The van der Waals surface area contributed by atoms with Gasteiger partial charge in [-0.05, 0) is 19.9 Å². The van der Waals surface area contributed by atoms with Crippen molar-refractivity contribution in [1.82, 2.24) is 9.97 Å². The van der Waals surface area contributed by atoms with Crippen molar-refractivity contribution >= 4 is 11.6 Å². The zero-order chi connectivity index (χ0) is 18.4. The van der Waals surface area contributed by atoms with Gasteiger partial charge >= 0.3 is 0 Å². The zero-order valence-electron chi connectivity index (χ0n) is 15.1. The van der Waals surface area contributed by atoms with Gasteiger partial charge in [-0.1, -0.05) is 48.5 Å². The first-order valence-electron chi connectivity index (χ1n) is 8.88. The molecule has 0 spiro atoms. The number of nitrogens with one attached hydrogen (secondary N) is 1. The monoisotopic (exact) mass is 350 g/mol. The van der Waals surface area contributed by atoms with Crippen molar-refractivity contribution in [2.45, 2.75) is 20.4 Å². The van der Waals surface area contributed by atoms with Crippen LogP contribution in [0.25, 0.3) is 11.4 Å². The number of nitrogens with zero attached hydrogens (tertiary/aromatic N) is 3. The number of hydrogen-bond donors (Lipinski definition) is 1. The molecule has 0 saturated heterocycles. The molecule has 1 aromatic heterocycles. The van der Waals surface area contributed by atoms with Crippen LogP contribution in [0.3, 0.4) is 0 Å². The van der Waals surface area contributed by atoms with Gasteiger partial charge in [-0.3, -0.25) is 0 Å². The molecule has 0 amide bonds. The van der Waals surface area contributed by atoms with Gasteiger partial charge in [-0.2, -0.15) is 0 Å². The molecule has 0 saturated carbocycles. The summed E-state index contributed by atoms with van der Waals surface area (Å²) in [5, 5.41) is 3.24. The quantitative estimate of drug-likeness (QED) is 0.668. The molecular formula is C21H23FN4. The molecule has 2 aromatic carbocycles. The van der Waals surface area contributed by atoms with Crippen molar-refractivity contribution in [3.05, 3.63) is 72.0 Å². The van der Waals surface area contributed by atoms with Crippen molar-refractivity contribution in [2.24, 2.45) is 0 Å². The number of hydrogen-bond acceptors (Lipinski definition) is 4. The first kappa shape index (κ1) is 17.9. The van der Waals surface area contributed by atoms with Gasteiger partial charge < -0.3 is 10.2 Å². The van der Waals surface area contributed by atoms with Crippen LogP contribution < -0.4 is 10.2 Å². The van der Waals surface area contributed by atoms with Crippen LogP contribution in [0.15, 0.2) is 60.7 Å². The van der Waals surface area contributed by atoms with Gasteiger partial charge in [0, 0.05) is 36.8 Å². The molecule has 3 aromatic rings. The van der Waals surface area contributed by atoms with Crippen LogP contribution >= 0.6 is 0 Å². The summed E-state index contributed by atoms with van der Waals surface area (Å²) >= 11 is 0. The normalized spacial score (nSPS) is 10.6. The summed E-state index contributed by atoms with van der Waals surface area (Å²) in [5.74, 6) is 1.98. The van der Waals surface area contributed by atoms with E-state index in [0.29, 0.717) is 23.8 Å². The van der Waals surface area contributed by atoms with E-state index in [1.807, 2.05) is 42.5 Å². The maximum atomic E-state index is 13.9. The molecule has 0 unspecified atom stereocenters. The van der Waals surface area contributed by atoms with Gasteiger partial charge in [-0.25, -0.2) is 14.4 Å². The van der Waals surface area contributed by atoms with Crippen LogP contribution in [-0.4, -0.2) is 23.1 Å². The Morgan fingerprint density at radius 1 is 0.923 bits per heavy atom. The summed E-state index contributed by atoms with van der Waals surface area (Å²) < 4.78 is 13.9. The molecule has 0 bridgehead atoms. The van der Waals surface area contributed by atoms with E-state index in [1.54, 1.807) is 12.1 Å². The Labute approximate surface area is 153 Å². The second-order valence-corrected chi connectivity index (χ2v) is 5.92. The zero-order valence-corrected chi connectivity index (χ0v) is 15.1. The van der Waals surface area contributed by atoms with Crippen molar-refractivity contribution in [3.8, 4) is 11.4 Å². The van der Waals surface area contributed by atoms with Crippen LogP contribution in [0, 0.1) is 5.82 Å². The molecule has 134 valence electrons. The molecule has 4 nitrogen and oxygen atoms in total. The van der Waals surface area contributed by atoms with Crippen molar-refractivity contribution in [1.29, 1.82) is 0 Å². The Morgan fingerprint density at radius 3 is 2.31 bits per heavy atom. The largest absolute Gasteiger partial charge is 0.366 e. The lowest BCUT2D eigenvalue weighted by molar-refractivity contribution is 0.613. The fraction of sp³-hybridized carbons (Fsp3) is 0.238. The van der Waals surface area contributed by atoms with Crippen LogP contribution in [0.1, 0.15) is 19.4 Å². The Kier molecular flexibility index (Phi) is 5.79. The van der Waals surface area contributed by atoms with Gasteiger partial charge in [0.1, 0.15) is 17.5 Å². The van der Waals surface area contributed by atoms with E-state index in [4.69, 9.17) is 4.98 Å². The summed E-state index contributed by atoms with van der Waals surface area (Å²) in [7, 11) is 0. The minimum Gasteiger partial charge on any atom is -0.366 e. The molecule has 1 N–H and O–H groups in total. The average molecular weight is 350 g/mol. The van der Waals surface area contributed by atoms with Crippen molar-refractivity contribution in [2.75, 3.05) is 23.3 Å². The topological polar surface area (TPSA) is 41.0 Å². The van der Waals surface area contributed by atoms with E-state index in [1.165, 1.54) is 6.07 Å². The van der Waals surface area contributed by atoms with Gasteiger partial charge in [0.2, 0.25) is 0 Å². The third-order valence-electron chi connectivity index (χ3n) is 4.25. The molecule has 0 aliphatic heterocycles. The summed E-state index contributed by atoms with van der Waals surface area (Å²) in [6.45, 7) is 6.28. The average Bonchev–Trinajstić information content (AvgIpc) is 2.69. The van der Waals surface area contributed by atoms with Crippen LogP contribution in [0.5, 0.6) is 0 Å². The molecule has 1 heterocycles. The lowest BCUT2D eigenvalue weighted by atomic mass is 10.2. The Hall–Kier alpha value is -2.95. The minimum atomic E-state index is -0.221. The highest BCUT2D eigenvalue weighted by molar-refractivity contribution is 5.61. The van der Waals surface area contributed by atoms with Crippen LogP contribution in [0.2, 0.25) is 0 Å². The number of halogens is 1. The second-order valence-electron chi connectivity index (χ2n) is 5.92. The third kappa shape index (κ3) is 4.17. The van der Waals surface area contributed by atoms with E-state index in [9.17, 15) is 4.39 Å². The lowest BCUT2D eigenvalue weighted by Crippen LogP contribution is -2.23. The highest BCUT2D eigenvalue weighted by Crippen LogP contribution is 2.23. The Bertz CT molecular complexity index is 848. The van der Waals surface area contributed by atoms with Crippen LogP contribution in [-0.2, 0) is 6.54 Å². The Morgan fingerprint density at radius 2 is 1.62 bits per heavy atom. The lowest BCUT2D eigenvalue weighted by Gasteiger charge is -2.21.